The summed E-state index contributed by atoms with van der Waals surface area (Å²) in [6.45, 7) is 0.339. The average Bonchev–Trinajstić information content (AvgIpc) is 2.45. The summed E-state index contributed by atoms with van der Waals surface area (Å²) in [5.74, 6) is -0.329. The second kappa shape index (κ2) is 6.42. The van der Waals surface area contributed by atoms with Crippen molar-refractivity contribution in [3.05, 3.63) is 69.2 Å². The van der Waals surface area contributed by atoms with Crippen LogP contribution in [-0.4, -0.2) is 5.91 Å². The quantitative estimate of drug-likeness (QED) is 0.938. The van der Waals surface area contributed by atoms with E-state index in [-0.39, 0.29) is 11.5 Å². The Kier molecular flexibility index (Phi) is 4.62. The number of nitrogens with zero attached hydrogens (tertiary/aromatic N) is 1. The Balaban J connectivity index is 2.07. The summed E-state index contributed by atoms with van der Waals surface area (Å²) in [4.78, 5) is 12.1. The van der Waals surface area contributed by atoms with Gasteiger partial charge in [-0.2, -0.15) is 5.26 Å². The fourth-order valence-corrected chi connectivity index (χ4v) is 2.25. The van der Waals surface area contributed by atoms with E-state index in [0.29, 0.717) is 22.2 Å². The van der Waals surface area contributed by atoms with E-state index < -0.39 is 0 Å². The molecule has 0 radical (unpaired) electrons. The maximum atomic E-state index is 12.1. The predicted octanol–water partition coefficient (Wildman–Crippen LogP) is 3.80. The minimum absolute atomic E-state index is 0.268. The molecule has 3 nitrogen and oxygen atoms in total. The van der Waals surface area contributed by atoms with Gasteiger partial charge in [0.05, 0.1) is 27.2 Å². The van der Waals surface area contributed by atoms with Gasteiger partial charge in [0.1, 0.15) is 0 Å². The van der Waals surface area contributed by atoms with Crippen molar-refractivity contribution < 1.29 is 4.79 Å². The number of nitrogens with one attached hydrogen (secondary N) is 1. The number of amides is 1. The summed E-state index contributed by atoms with van der Waals surface area (Å²) in [5.41, 5.74) is 1.74. The normalized spacial score (nSPS) is 9.85. The molecule has 100 valence electrons. The standard InChI is InChI=1S/C15H10Cl2N2O/c16-12-2-1-3-13(17)14(12)15(20)19-9-11-6-4-10(8-18)5-7-11/h1-7H,9H2,(H,19,20). The Bertz CT molecular complexity index is 655. The Morgan fingerprint density at radius 2 is 1.70 bits per heavy atom. The van der Waals surface area contributed by atoms with E-state index in [1.165, 1.54) is 0 Å². The van der Waals surface area contributed by atoms with Gasteiger partial charge in [-0.25, -0.2) is 0 Å². The number of benzene rings is 2. The van der Waals surface area contributed by atoms with E-state index in [1.54, 1.807) is 42.5 Å². The third kappa shape index (κ3) is 3.30. The smallest absolute Gasteiger partial charge is 0.254 e. The van der Waals surface area contributed by atoms with Crippen LogP contribution in [0, 0.1) is 11.3 Å². The van der Waals surface area contributed by atoms with Crippen molar-refractivity contribution in [2.75, 3.05) is 0 Å². The predicted molar refractivity (Wildman–Crippen MR) is 78.8 cm³/mol. The second-order valence-corrected chi connectivity index (χ2v) is 4.90. The number of rotatable bonds is 3. The van der Waals surface area contributed by atoms with Crippen LogP contribution in [-0.2, 0) is 6.54 Å². The topological polar surface area (TPSA) is 52.9 Å². The van der Waals surface area contributed by atoms with Gasteiger partial charge in [0.15, 0.2) is 0 Å². The van der Waals surface area contributed by atoms with Crippen LogP contribution in [0.3, 0.4) is 0 Å². The lowest BCUT2D eigenvalue weighted by Gasteiger charge is -2.08. The summed E-state index contributed by atoms with van der Waals surface area (Å²) in [5, 5.41) is 12.1. The Morgan fingerprint density at radius 1 is 1.10 bits per heavy atom. The maximum absolute atomic E-state index is 12.1. The van der Waals surface area contributed by atoms with E-state index in [0.717, 1.165) is 5.56 Å². The highest BCUT2D eigenvalue weighted by molar-refractivity contribution is 6.39. The van der Waals surface area contributed by atoms with Crippen LogP contribution in [0.15, 0.2) is 42.5 Å². The van der Waals surface area contributed by atoms with E-state index in [2.05, 4.69) is 5.32 Å². The fourth-order valence-electron chi connectivity index (χ4n) is 1.68. The largest absolute Gasteiger partial charge is 0.348 e. The number of carbonyl (C=O) groups is 1. The minimum Gasteiger partial charge on any atom is -0.348 e. The van der Waals surface area contributed by atoms with E-state index in [1.807, 2.05) is 6.07 Å². The first-order valence-corrected chi connectivity index (χ1v) is 6.58. The molecule has 5 heteroatoms. The highest BCUT2D eigenvalue weighted by Gasteiger charge is 2.13. The number of carbonyl (C=O) groups excluding carboxylic acids is 1. The fraction of sp³-hybridized carbons (Fsp3) is 0.0667. The monoisotopic (exact) mass is 304 g/mol. The molecule has 0 saturated heterocycles. The third-order valence-corrected chi connectivity index (χ3v) is 3.36. The Labute approximate surface area is 126 Å². The van der Waals surface area contributed by atoms with Crippen LogP contribution in [0.5, 0.6) is 0 Å². The summed E-state index contributed by atoms with van der Waals surface area (Å²) < 4.78 is 0. The highest BCUT2D eigenvalue weighted by atomic mass is 35.5. The lowest BCUT2D eigenvalue weighted by atomic mass is 10.1. The van der Waals surface area contributed by atoms with Gasteiger partial charge < -0.3 is 5.32 Å². The van der Waals surface area contributed by atoms with Crippen molar-refractivity contribution in [1.82, 2.24) is 5.32 Å². The van der Waals surface area contributed by atoms with E-state index in [9.17, 15) is 4.79 Å². The maximum Gasteiger partial charge on any atom is 0.254 e. The number of halogens is 2. The molecule has 1 amide bonds. The summed E-state index contributed by atoms with van der Waals surface area (Å²) >= 11 is 11.9. The number of hydrogen-bond donors (Lipinski definition) is 1. The van der Waals surface area contributed by atoms with Crippen molar-refractivity contribution in [2.45, 2.75) is 6.54 Å². The average molecular weight is 305 g/mol. The van der Waals surface area contributed by atoms with Crippen LogP contribution in [0.1, 0.15) is 21.5 Å². The van der Waals surface area contributed by atoms with Crippen molar-refractivity contribution in [2.24, 2.45) is 0 Å². The molecule has 1 N–H and O–H groups in total. The molecule has 0 fully saturated rings. The summed E-state index contributed by atoms with van der Waals surface area (Å²) in [7, 11) is 0. The van der Waals surface area contributed by atoms with Crippen LogP contribution in [0.4, 0.5) is 0 Å². The zero-order valence-electron chi connectivity index (χ0n) is 10.4. The molecule has 2 aromatic carbocycles. The van der Waals surface area contributed by atoms with Crippen molar-refractivity contribution in [3.63, 3.8) is 0 Å². The number of nitriles is 1. The molecule has 0 saturated carbocycles. The van der Waals surface area contributed by atoms with Crippen LogP contribution >= 0.6 is 23.2 Å². The van der Waals surface area contributed by atoms with Gasteiger partial charge in [0.2, 0.25) is 0 Å². The van der Waals surface area contributed by atoms with Gasteiger partial charge in [-0.1, -0.05) is 41.4 Å². The Morgan fingerprint density at radius 3 is 2.25 bits per heavy atom. The molecular weight excluding hydrogens is 295 g/mol. The van der Waals surface area contributed by atoms with Crippen molar-refractivity contribution >= 4 is 29.1 Å². The molecule has 20 heavy (non-hydrogen) atoms. The van der Waals surface area contributed by atoms with Gasteiger partial charge in [0, 0.05) is 6.54 Å². The third-order valence-electron chi connectivity index (χ3n) is 2.73. The van der Waals surface area contributed by atoms with Crippen LogP contribution in [0.2, 0.25) is 10.0 Å². The van der Waals surface area contributed by atoms with Crippen LogP contribution in [0.25, 0.3) is 0 Å². The van der Waals surface area contributed by atoms with E-state index in [4.69, 9.17) is 28.5 Å². The molecule has 2 rings (SSSR count). The zero-order valence-corrected chi connectivity index (χ0v) is 11.9. The van der Waals surface area contributed by atoms with Gasteiger partial charge >= 0.3 is 0 Å². The lowest BCUT2D eigenvalue weighted by molar-refractivity contribution is 0.0951. The molecule has 0 heterocycles. The van der Waals surface area contributed by atoms with Gasteiger partial charge in [-0.15, -0.1) is 0 Å². The molecule has 0 bridgehead atoms. The Hall–Kier alpha value is -2.02. The first-order valence-electron chi connectivity index (χ1n) is 5.83. The van der Waals surface area contributed by atoms with Crippen LogP contribution < -0.4 is 5.32 Å². The zero-order chi connectivity index (χ0) is 14.5. The molecule has 0 atom stereocenters. The highest BCUT2D eigenvalue weighted by Crippen LogP contribution is 2.24. The molecule has 0 aliphatic rings. The SMILES string of the molecule is N#Cc1ccc(CNC(=O)c2c(Cl)cccc2Cl)cc1. The first-order chi connectivity index (χ1) is 9.61. The number of hydrogen-bond acceptors (Lipinski definition) is 2. The molecular formula is C15H10Cl2N2O. The lowest BCUT2D eigenvalue weighted by Crippen LogP contribution is -2.23. The summed E-state index contributed by atoms with van der Waals surface area (Å²) in [6, 6.07) is 13.9. The second-order valence-electron chi connectivity index (χ2n) is 4.09. The molecule has 0 aliphatic heterocycles. The van der Waals surface area contributed by atoms with Gasteiger partial charge in [-0.05, 0) is 29.8 Å². The molecule has 0 unspecified atom stereocenters. The molecule has 0 spiro atoms. The summed E-state index contributed by atoms with van der Waals surface area (Å²) in [6.07, 6.45) is 0. The first kappa shape index (κ1) is 14.4. The molecule has 2 aromatic rings. The van der Waals surface area contributed by atoms with Crippen molar-refractivity contribution in [1.29, 1.82) is 5.26 Å². The van der Waals surface area contributed by atoms with Gasteiger partial charge in [0.25, 0.3) is 5.91 Å². The van der Waals surface area contributed by atoms with E-state index >= 15 is 0 Å². The van der Waals surface area contributed by atoms with Crippen molar-refractivity contribution in [3.8, 4) is 6.07 Å². The van der Waals surface area contributed by atoms with Gasteiger partial charge in [-0.3, -0.25) is 4.79 Å². The molecule has 0 aliphatic carbocycles. The molecule has 0 aromatic heterocycles. The minimum atomic E-state index is -0.329.